The summed E-state index contributed by atoms with van der Waals surface area (Å²) in [6.45, 7) is 8.45. The van der Waals surface area contributed by atoms with Gasteiger partial charge in [0.25, 0.3) is 0 Å². The van der Waals surface area contributed by atoms with Crippen LogP contribution >= 0.6 is 23.2 Å². The lowest BCUT2D eigenvalue weighted by Gasteiger charge is -2.22. The van der Waals surface area contributed by atoms with Crippen molar-refractivity contribution in [3.63, 3.8) is 0 Å². The Morgan fingerprint density at radius 1 is 0.492 bits per heavy atom. The van der Waals surface area contributed by atoms with E-state index in [0.717, 1.165) is 101 Å². The Bertz CT molecular complexity index is 2980. The summed E-state index contributed by atoms with van der Waals surface area (Å²) < 4.78 is 5.93. The second-order valence-electron chi connectivity index (χ2n) is 15.8. The van der Waals surface area contributed by atoms with Crippen molar-refractivity contribution in [3.05, 3.63) is 160 Å². The van der Waals surface area contributed by atoms with E-state index in [4.69, 9.17) is 37.9 Å². The molecule has 0 aliphatic carbocycles. The van der Waals surface area contributed by atoms with Crippen LogP contribution < -0.4 is 4.74 Å². The van der Waals surface area contributed by atoms with Crippen LogP contribution in [0.5, 0.6) is 5.75 Å². The Hall–Kier alpha value is -6.18. The molecule has 0 spiro atoms. The molecular weight excluding hydrogens is 794 g/mol. The molecule has 0 saturated heterocycles. The van der Waals surface area contributed by atoms with E-state index in [0.29, 0.717) is 31.4 Å². The summed E-state index contributed by atoms with van der Waals surface area (Å²) in [5.41, 5.74) is 20.2. The molecule has 8 heteroatoms. The number of methoxy groups -OCH3 is 1. The molecule has 0 saturated carbocycles. The van der Waals surface area contributed by atoms with Crippen LogP contribution in [0.4, 0.5) is 0 Å². The summed E-state index contributed by atoms with van der Waals surface area (Å²) in [4.78, 5) is 21.0. The zero-order chi connectivity index (χ0) is 42.0. The number of halogens is 2. The minimum Gasteiger partial charge on any atom is -0.496 e. The number of hydrogen-bond donors (Lipinski definition) is 2. The van der Waals surface area contributed by atoms with E-state index in [2.05, 4.69) is 175 Å². The molecule has 0 unspecified atom stereocenters. The van der Waals surface area contributed by atoms with Gasteiger partial charge in [-0.15, -0.1) is 23.2 Å². The lowest BCUT2D eigenvalue weighted by molar-refractivity contribution is 0.292. The summed E-state index contributed by atoms with van der Waals surface area (Å²) in [7, 11) is 1.72. The van der Waals surface area contributed by atoms with Crippen LogP contribution in [0.3, 0.4) is 0 Å². The van der Waals surface area contributed by atoms with Crippen LogP contribution in [0.25, 0.3) is 90.9 Å². The number of aromatic nitrogens is 4. The van der Waals surface area contributed by atoms with Crippen molar-refractivity contribution in [3.8, 4) is 50.3 Å². The van der Waals surface area contributed by atoms with Crippen molar-refractivity contribution in [1.82, 2.24) is 24.8 Å². The van der Waals surface area contributed by atoms with Gasteiger partial charge in [-0.1, -0.05) is 95.6 Å². The van der Waals surface area contributed by atoms with Gasteiger partial charge in [-0.05, 0) is 104 Å². The third-order valence-electron chi connectivity index (χ3n) is 11.4. The number of nitrogens with zero attached hydrogens (tertiary/aromatic N) is 3. The molecule has 6 nitrogen and oxygen atoms in total. The molecule has 304 valence electrons. The minimum atomic E-state index is 0.509. The topological polar surface area (TPSA) is 69.8 Å². The highest BCUT2D eigenvalue weighted by Gasteiger charge is 2.20. The minimum absolute atomic E-state index is 0.509. The summed E-state index contributed by atoms with van der Waals surface area (Å²) >= 11 is 12.5. The number of nitrogens with one attached hydrogen (secondary N) is 2. The molecule has 9 rings (SSSR count). The number of fused-ring (bicyclic) bond motifs is 8. The summed E-state index contributed by atoms with van der Waals surface area (Å²) in [5, 5.41) is 0. The number of H-pyrrole nitrogens is 2. The smallest absolute Gasteiger partial charge is 0.123 e. The molecule has 0 fully saturated rings. The normalized spacial score (nSPS) is 12.1. The van der Waals surface area contributed by atoms with Crippen molar-refractivity contribution < 1.29 is 4.74 Å². The highest BCUT2D eigenvalue weighted by atomic mass is 35.5. The van der Waals surface area contributed by atoms with Crippen LogP contribution in [0, 0.1) is 20.8 Å². The van der Waals surface area contributed by atoms with Crippen molar-refractivity contribution in [1.29, 1.82) is 0 Å². The zero-order valence-corrected chi connectivity index (χ0v) is 36.3. The van der Waals surface area contributed by atoms with Gasteiger partial charge >= 0.3 is 0 Å². The van der Waals surface area contributed by atoms with Gasteiger partial charge in [0, 0.05) is 81.3 Å². The van der Waals surface area contributed by atoms with E-state index in [1.165, 1.54) is 16.7 Å². The summed E-state index contributed by atoms with van der Waals surface area (Å²) in [6.07, 6.45) is 8.58. The van der Waals surface area contributed by atoms with Gasteiger partial charge in [-0.25, -0.2) is 9.97 Å². The largest absolute Gasteiger partial charge is 0.496 e. The monoisotopic (exact) mass is 839 g/mol. The maximum absolute atomic E-state index is 6.26. The average molecular weight is 841 g/mol. The fraction of sp³-hybridized carbons (Fsp3) is 0.170. The molecule has 61 heavy (non-hydrogen) atoms. The molecule has 7 aromatic rings. The van der Waals surface area contributed by atoms with Gasteiger partial charge in [-0.2, -0.15) is 0 Å². The third-order valence-corrected chi connectivity index (χ3v) is 11.8. The number of ether oxygens (including phenoxy) is 1. The first-order chi connectivity index (χ1) is 29.8. The molecule has 4 aromatic carbocycles. The van der Waals surface area contributed by atoms with E-state index in [1.807, 2.05) is 0 Å². The van der Waals surface area contributed by atoms with E-state index in [9.17, 15) is 0 Å². The maximum atomic E-state index is 6.26. The fourth-order valence-corrected chi connectivity index (χ4v) is 9.11. The van der Waals surface area contributed by atoms with Crippen molar-refractivity contribution >= 4 is 69.6 Å². The molecule has 8 bridgehead atoms. The molecule has 0 radical (unpaired) electrons. The molecule has 2 aliphatic rings. The second kappa shape index (κ2) is 17.4. The van der Waals surface area contributed by atoms with Crippen LogP contribution in [0.15, 0.2) is 115 Å². The third kappa shape index (κ3) is 8.19. The predicted octanol–water partition coefficient (Wildman–Crippen LogP) is 13.5. The number of aromatic amines is 2. The Labute approximate surface area is 367 Å². The lowest BCUT2D eigenvalue weighted by atomic mass is 10.00. The molecule has 0 amide bonds. The molecule has 2 aliphatic heterocycles. The van der Waals surface area contributed by atoms with E-state index in [-0.39, 0.29) is 0 Å². The first-order valence-electron chi connectivity index (χ1n) is 20.7. The van der Waals surface area contributed by atoms with Crippen LogP contribution in [0.2, 0.25) is 0 Å². The number of benzene rings is 4. The van der Waals surface area contributed by atoms with E-state index in [1.54, 1.807) is 7.11 Å². The molecular formula is C53H47Cl2N5O. The van der Waals surface area contributed by atoms with Crippen LogP contribution in [-0.2, 0) is 6.54 Å². The first-order valence-corrected chi connectivity index (χ1v) is 21.8. The van der Waals surface area contributed by atoms with Crippen molar-refractivity contribution in [2.75, 3.05) is 32.0 Å². The maximum Gasteiger partial charge on any atom is 0.123 e. The number of hydrogen-bond acceptors (Lipinski definition) is 4. The second-order valence-corrected chi connectivity index (χ2v) is 16.5. The Morgan fingerprint density at radius 2 is 0.869 bits per heavy atom. The van der Waals surface area contributed by atoms with Gasteiger partial charge in [0.1, 0.15) is 5.75 Å². The van der Waals surface area contributed by atoms with Gasteiger partial charge in [-0.3, -0.25) is 4.90 Å². The SMILES string of the molecule is COc1ccc(-c2c3nc(c(-c4cccc(C)c4)c4ccc([nH]4)c(-c4cccc(C)c4)c4nc(c(-c5cccc(C)c5)c5ccc2[nH]5)C=C4)C=C3)cc1CN(CCCl)CCCl. The summed E-state index contributed by atoms with van der Waals surface area (Å²) in [6, 6.07) is 41.0. The number of rotatable bonds is 11. The van der Waals surface area contributed by atoms with Crippen LogP contribution in [0.1, 0.15) is 45.0 Å². The highest BCUT2D eigenvalue weighted by molar-refractivity contribution is 6.18. The van der Waals surface area contributed by atoms with Gasteiger partial charge in [0.2, 0.25) is 0 Å². The quantitative estimate of drug-likeness (QED) is 0.127. The standard InChI is InChI=1S/C53H47Cl2N5O/c1-33-8-5-11-36(28-33)50-41-15-17-43(56-41)51(37-12-6-9-34(2)29-37)45-19-21-47(58-45)53(39-14-23-49(61-4)40(31-39)32-60(26-24-54)27-25-55)48-22-20-46(59-48)52(44-18-16-42(50)57-44)38-13-7-10-35(3)30-38/h5-23,28-31,56,59H,24-27,32H2,1-4H3. The van der Waals surface area contributed by atoms with Gasteiger partial charge in [0.05, 0.1) is 29.9 Å². The summed E-state index contributed by atoms with van der Waals surface area (Å²) in [5.74, 6) is 1.83. The molecule has 3 aromatic heterocycles. The Morgan fingerprint density at radius 3 is 1.21 bits per heavy atom. The first kappa shape index (κ1) is 40.2. The molecule has 0 atom stereocenters. The van der Waals surface area contributed by atoms with Gasteiger partial charge < -0.3 is 14.7 Å². The zero-order valence-electron chi connectivity index (χ0n) is 34.8. The fourth-order valence-electron chi connectivity index (χ4n) is 8.63. The lowest BCUT2D eigenvalue weighted by Crippen LogP contribution is -2.27. The molecule has 5 heterocycles. The number of alkyl halides is 2. The Balaban J connectivity index is 1.42. The molecule has 2 N–H and O–H groups in total. The van der Waals surface area contributed by atoms with Gasteiger partial charge in [0.15, 0.2) is 0 Å². The van der Waals surface area contributed by atoms with E-state index < -0.39 is 0 Å². The average Bonchev–Trinajstić information content (AvgIpc) is 4.10. The van der Waals surface area contributed by atoms with E-state index >= 15 is 0 Å². The highest BCUT2D eigenvalue weighted by Crippen LogP contribution is 2.39. The number of aryl methyl sites for hydroxylation is 3. The van der Waals surface area contributed by atoms with Crippen molar-refractivity contribution in [2.24, 2.45) is 0 Å². The van der Waals surface area contributed by atoms with Crippen LogP contribution in [-0.4, -0.2) is 56.8 Å². The Kier molecular flexibility index (Phi) is 11.5. The van der Waals surface area contributed by atoms with Crippen molar-refractivity contribution in [2.45, 2.75) is 27.3 Å². The predicted molar refractivity (Wildman–Crippen MR) is 258 cm³/mol.